The molecule has 31 heavy (non-hydrogen) atoms. The first kappa shape index (κ1) is 23.2. The van der Waals surface area contributed by atoms with Gasteiger partial charge in [0, 0.05) is 37.8 Å². The summed E-state index contributed by atoms with van der Waals surface area (Å²) in [5, 5.41) is 0. The molecule has 0 radical (unpaired) electrons. The molecule has 3 rings (SSSR count). The number of hydrogen-bond donors (Lipinski definition) is 3. The minimum atomic E-state index is 0.0373. The van der Waals surface area contributed by atoms with E-state index in [1.165, 1.54) is 16.7 Å². The van der Waals surface area contributed by atoms with E-state index < -0.39 is 0 Å². The molecule has 4 heteroatoms. The molecule has 0 amide bonds. The smallest absolute Gasteiger partial charge is 0.0208 e. The Morgan fingerprint density at radius 1 is 0.452 bits per heavy atom. The molecular formula is C27H36N4. The molecule has 4 nitrogen and oxygen atoms in total. The fourth-order valence-electron chi connectivity index (χ4n) is 4.16. The van der Waals surface area contributed by atoms with Gasteiger partial charge in [0.2, 0.25) is 0 Å². The van der Waals surface area contributed by atoms with Crippen LogP contribution < -0.4 is 17.2 Å². The van der Waals surface area contributed by atoms with E-state index >= 15 is 0 Å². The van der Waals surface area contributed by atoms with Gasteiger partial charge in [0.25, 0.3) is 0 Å². The van der Waals surface area contributed by atoms with Gasteiger partial charge in [0.1, 0.15) is 0 Å². The molecule has 0 saturated carbocycles. The Morgan fingerprint density at radius 2 is 0.710 bits per heavy atom. The van der Waals surface area contributed by atoms with Crippen LogP contribution in [0.3, 0.4) is 0 Å². The number of hydrogen-bond acceptors (Lipinski definition) is 4. The molecule has 0 spiro atoms. The fourth-order valence-corrected chi connectivity index (χ4v) is 4.16. The molecular weight excluding hydrogens is 380 g/mol. The molecule has 0 aliphatic rings. The second-order valence-electron chi connectivity index (χ2n) is 8.57. The van der Waals surface area contributed by atoms with Gasteiger partial charge in [-0.15, -0.1) is 0 Å². The maximum atomic E-state index is 6.54. The van der Waals surface area contributed by atoms with Crippen molar-refractivity contribution in [1.82, 2.24) is 4.90 Å². The van der Waals surface area contributed by atoms with E-state index in [2.05, 4.69) is 77.7 Å². The third-order valence-corrected chi connectivity index (χ3v) is 5.50. The van der Waals surface area contributed by atoms with Gasteiger partial charge in [0.15, 0.2) is 0 Å². The van der Waals surface area contributed by atoms with Gasteiger partial charge in [-0.1, -0.05) is 91.0 Å². The lowest BCUT2D eigenvalue weighted by Gasteiger charge is -2.30. The Bertz CT molecular complexity index is 736. The standard InChI is InChI=1S/C27H36N4/c28-25(16-22-10-4-1-5-11-22)19-31(20-26(29)17-23-12-6-2-7-13-23)21-27(30)18-24-14-8-3-9-15-24/h1-15,25-27H,16-21,28-30H2/t25-,26-,27-/m0/s1. The largest absolute Gasteiger partial charge is 0.326 e. The highest BCUT2D eigenvalue weighted by atomic mass is 15.2. The summed E-state index contributed by atoms with van der Waals surface area (Å²) in [6.07, 6.45) is 2.54. The third kappa shape index (κ3) is 8.64. The van der Waals surface area contributed by atoms with Crippen LogP contribution in [0.25, 0.3) is 0 Å². The molecule has 0 saturated heterocycles. The molecule has 0 aliphatic carbocycles. The van der Waals surface area contributed by atoms with Crippen molar-refractivity contribution < 1.29 is 0 Å². The van der Waals surface area contributed by atoms with Gasteiger partial charge in [-0.25, -0.2) is 0 Å². The first-order chi connectivity index (χ1) is 15.1. The first-order valence-electron chi connectivity index (χ1n) is 11.2. The van der Waals surface area contributed by atoms with Crippen molar-refractivity contribution in [2.45, 2.75) is 37.4 Å². The lowest BCUT2D eigenvalue weighted by atomic mass is 10.0. The van der Waals surface area contributed by atoms with E-state index in [1.807, 2.05) is 18.2 Å². The number of nitrogens with zero attached hydrogens (tertiary/aromatic N) is 1. The second-order valence-corrected chi connectivity index (χ2v) is 8.57. The van der Waals surface area contributed by atoms with Gasteiger partial charge in [-0.05, 0) is 36.0 Å². The summed E-state index contributed by atoms with van der Waals surface area (Å²) in [6.45, 7) is 2.33. The molecule has 0 bridgehead atoms. The summed E-state index contributed by atoms with van der Waals surface area (Å²) >= 11 is 0. The van der Waals surface area contributed by atoms with Crippen molar-refractivity contribution in [3.63, 3.8) is 0 Å². The van der Waals surface area contributed by atoms with Crippen LogP contribution in [-0.2, 0) is 19.3 Å². The maximum Gasteiger partial charge on any atom is 0.0208 e. The average Bonchev–Trinajstić information content (AvgIpc) is 2.75. The molecule has 3 aromatic rings. The van der Waals surface area contributed by atoms with E-state index in [0.717, 1.165) is 38.9 Å². The van der Waals surface area contributed by atoms with Crippen LogP contribution in [0.5, 0.6) is 0 Å². The monoisotopic (exact) mass is 416 g/mol. The highest BCUT2D eigenvalue weighted by molar-refractivity contribution is 5.18. The van der Waals surface area contributed by atoms with Crippen molar-refractivity contribution in [3.8, 4) is 0 Å². The summed E-state index contributed by atoms with van der Waals surface area (Å²) in [5.74, 6) is 0. The maximum absolute atomic E-state index is 6.54. The minimum Gasteiger partial charge on any atom is -0.326 e. The van der Waals surface area contributed by atoms with Crippen molar-refractivity contribution in [3.05, 3.63) is 108 Å². The predicted molar refractivity (Wildman–Crippen MR) is 131 cm³/mol. The van der Waals surface area contributed by atoms with Crippen molar-refractivity contribution in [1.29, 1.82) is 0 Å². The van der Waals surface area contributed by atoms with Crippen LogP contribution in [0.1, 0.15) is 16.7 Å². The van der Waals surface area contributed by atoms with Crippen molar-refractivity contribution in [2.75, 3.05) is 19.6 Å². The van der Waals surface area contributed by atoms with Crippen LogP contribution >= 0.6 is 0 Å². The highest BCUT2D eigenvalue weighted by Gasteiger charge is 2.18. The molecule has 3 atom stereocenters. The second kappa shape index (κ2) is 12.4. The Morgan fingerprint density at radius 3 is 0.968 bits per heavy atom. The van der Waals surface area contributed by atoms with Crippen LogP contribution in [0, 0.1) is 0 Å². The van der Waals surface area contributed by atoms with Gasteiger partial charge in [-0.3, -0.25) is 4.90 Å². The molecule has 0 unspecified atom stereocenters. The normalized spacial score (nSPS) is 14.3. The highest BCUT2D eigenvalue weighted by Crippen LogP contribution is 2.09. The summed E-state index contributed by atoms with van der Waals surface area (Å²) in [5.41, 5.74) is 23.4. The zero-order chi connectivity index (χ0) is 21.9. The Balaban J connectivity index is 1.60. The topological polar surface area (TPSA) is 81.3 Å². The average molecular weight is 417 g/mol. The summed E-state index contributed by atoms with van der Waals surface area (Å²) in [6, 6.07) is 31.4. The lowest BCUT2D eigenvalue weighted by Crippen LogP contribution is -2.49. The van der Waals surface area contributed by atoms with Crippen LogP contribution in [0.15, 0.2) is 91.0 Å². The van der Waals surface area contributed by atoms with Gasteiger partial charge < -0.3 is 17.2 Å². The van der Waals surface area contributed by atoms with Gasteiger partial charge in [0.05, 0.1) is 0 Å². The zero-order valence-corrected chi connectivity index (χ0v) is 18.3. The Hall–Kier alpha value is -2.50. The van der Waals surface area contributed by atoms with E-state index in [1.54, 1.807) is 0 Å². The van der Waals surface area contributed by atoms with E-state index in [0.29, 0.717) is 0 Å². The quantitative estimate of drug-likeness (QED) is 0.424. The molecule has 6 N–H and O–H groups in total. The fraction of sp³-hybridized carbons (Fsp3) is 0.333. The molecule has 3 aromatic carbocycles. The zero-order valence-electron chi connectivity index (χ0n) is 18.3. The predicted octanol–water partition coefficient (Wildman–Crippen LogP) is 3.00. The van der Waals surface area contributed by atoms with Crippen molar-refractivity contribution >= 4 is 0 Å². The first-order valence-corrected chi connectivity index (χ1v) is 11.2. The molecule has 0 aliphatic heterocycles. The summed E-state index contributed by atoms with van der Waals surface area (Å²) < 4.78 is 0. The molecule has 0 heterocycles. The Labute approximate surface area is 187 Å². The summed E-state index contributed by atoms with van der Waals surface area (Å²) in [7, 11) is 0. The number of benzene rings is 3. The SMILES string of the molecule is N[C@@H](Cc1ccccc1)CN(C[C@@H](N)Cc1ccccc1)C[C@@H](N)Cc1ccccc1. The molecule has 0 aromatic heterocycles. The van der Waals surface area contributed by atoms with Crippen LogP contribution in [-0.4, -0.2) is 42.7 Å². The van der Waals surface area contributed by atoms with Crippen molar-refractivity contribution in [2.24, 2.45) is 17.2 Å². The molecule has 0 fully saturated rings. The van der Waals surface area contributed by atoms with Gasteiger partial charge in [-0.2, -0.15) is 0 Å². The van der Waals surface area contributed by atoms with E-state index in [-0.39, 0.29) is 18.1 Å². The number of rotatable bonds is 12. The van der Waals surface area contributed by atoms with Gasteiger partial charge >= 0.3 is 0 Å². The summed E-state index contributed by atoms with van der Waals surface area (Å²) in [4.78, 5) is 2.36. The number of nitrogens with two attached hydrogens (primary N) is 3. The van der Waals surface area contributed by atoms with Crippen LogP contribution in [0.2, 0.25) is 0 Å². The lowest BCUT2D eigenvalue weighted by molar-refractivity contribution is 0.226. The van der Waals surface area contributed by atoms with E-state index in [9.17, 15) is 0 Å². The Kier molecular flexibility index (Phi) is 9.25. The van der Waals surface area contributed by atoms with Crippen LogP contribution in [0.4, 0.5) is 0 Å². The van der Waals surface area contributed by atoms with E-state index in [4.69, 9.17) is 17.2 Å². The third-order valence-electron chi connectivity index (χ3n) is 5.50. The molecule has 164 valence electrons. The minimum absolute atomic E-state index is 0.0373.